The number of carbonyl (C=O) groups excluding carboxylic acids is 2. The normalized spacial score (nSPS) is 11.1. The molecule has 0 heterocycles. The predicted octanol–water partition coefficient (Wildman–Crippen LogP) is 1.69. The maximum atomic E-state index is 11.4. The molecule has 0 aromatic heterocycles. The molecule has 0 bridgehead atoms. The van der Waals surface area contributed by atoms with Gasteiger partial charge in [-0.15, -0.1) is 0 Å². The van der Waals surface area contributed by atoms with Crippen molar-refractivity contribution in [1.29, 1.82) is 0 Å². The van der Waals surface area contributed by atoms with E-state index in [1.165, 1.54) is 0 Å². The molecule has 0 aliphatic carbocycles. The van der Waals surface area contributed by atoms with Crippen LogP contribution < -0.4 is 0 Å². The summed E-state index contributed by atoms with van der Waals surface area (Å²) in [7, 11) is 0. The maximum absolute atomic E-state index is 11.4. The lowest BCUT2D eigenvalue weighted by molar-refractivity contribution is -0.158. The van der Waals surface area contributed by atoms with Gasteiger partial charge < -0.3 is 19.7 Å². The molecule has 0 aliphatic heterocycles. The number of aliphatic hydroxyl groups excluding tert-OH is 2. The Morgan fingerprint density at radius 2 is 1.55 bits per heavy atom. The van der Waals surface area contributed by atoms with E-state index in [2.05, 4.69) is 11.3 Å². The monoisotopic (exact) mass is 318 g/mol. The first-order chi connectivity index (χ1) is 9.87. The van der Waals surface area contributed by atoms with Crippen LogP contribution in [0.25, 0.3) is 0 Å². The molecule has 0 radical (unpaired) electrons. The zero-order chi connectivity index (χ0) is 18.0. The van der Waals surface area contributed by atoms with Crippen LogP contribution >= 0.6 is 0 Å². The Kier molecular flexibility index (Phi) is 10.8. The third-order valence-corrected chi connectivity index (χ3v) is 2.26. The van der Waals surface area contributed by atoms with Crippen molar-refractivity contribution in [3.8, 4) is 0 Å². The lowest BCUT2D eigenvalue weighted by Gasteiger charge is -2.23. The summed E-state index contributed by atoms with van der Waals surface area (Å²) in [4.78, 5) is 21.8. The van der Waals surface area contributed by atoms with Crippen LogP contribution in [0, 0.1) is 10.8 Å². The van der Waals surface area contributed by atoms with Crippen molar-refractivity contribution in [2.24, 2.45) is 10.8 Å². The first kappa shape index (κ1) is 22.9. The standard InChI is InChI=1S/C10H20O3.C6H10O3/c1-9(2,3)7-13-8(12)10(4,5)6-11;1-5(2)6(8)9-4-3-7/h11H,6-7H2,1-5H3;7H,1,3-4H2,2H3. The van der Waals surface area contributed by atoms with Gasteiger partial charge in [0.2, 0.25) is 0 Å². The SMILES string of the molecule is C=C(C)C(=O)OCCO.CC(C)(C)COC(=O)C(C)(C)CO. The predicted molar refractivity (Wildman–Crippen MR) is 84.1 cm³/mol. The molecule has 0 aliphatic rings. The summed E-state index contributed by atoms with van der Waals surface area (Å²) in [5.41, 5.74) is -0.463. The molecule has 0 aromatic rings. The van der Waals surface area contributed by atoms with Crippen molar-refractivity contribution in [3.05, 3.63) is 12.2 Å². The van der Waals surface area contributed by atoms with Crippen molar-refractivity contribution in [2.75, 3.05) is 26.4 Å². The Bertz CT molecular complexity index is 365. The molecule has 0 rings (SSSR count). The highest BCUT2D eigenvalue weighted by Crippen LogP contribution is 2.19. The first-order valence-corrected chi connectivity index (χ1v) is 7.09. The van der Waals surface area contributed by atoms with E-state index in [1.54, 1.807) is 20.8 Å². The molecule has 0 atom stereocenters. The number of hydrogen-bond acceptors (Lipinski definition) is 6. The Hall–Kier alpha value is -1.40. The smallest absolute Gasteiger partial charge is 0.333 e. The fourth-order valence-electron chi connectivity index (χ4n) is 0.804. The lowest BCUT2D eigenvalue weighted by atomic mass is 9.94. The molecule has 0 saturated heterocycles. The van der Waals surface area contributed by atoms with Gasteiger partial charge in [0.1, 0.15) is 6.61 Å². The van der Waals surface area contributed by atoms with Crippen molar-refractivity contribution in [3.63, 3.8) is 0 Å². The van der Waals surface area contributed by atoms with E-state index in [9.17, 15) is 9.59 Å². The van der Waals surface area contributed by atoms with E-state index >= 15 is 0 Å². The second-order valence-electron chi connectivity index (χ2n) is 6.82. The van der Waals surface area contributed by atoms with Crippen molar-refractivity contribution in [1.82, 2.24) is 0 Å². The summed E-state index contributed by atoms with van der Waals surface area (Å²) < 4.78 is 9.53. The Labute approximate surface area is 133 Å². The third-order valence-electron chi connectivity index (χ3n) is 2.26. The zero-order valence-corrected chi connectivity index (χ0v) is 14.6. The van der Waals surface area contributed by atoms with Crippen LogP contribution in [-0.4, -0.2) is 48.6 Å². The second kappa shape index (κ2) is 10.3. The quantitative estimate of drug-likeness (QED) is 0.572. The molecule has 6 heteroatoms. The molecule has 6 nitrogen and oxygen atoms in total. The molecule has 0 saturated carbocycles. The highest BCUT2D eigenvalue weighted by molar-refractivity contribution is 5.86. The average molecular weight is 318 g/mol. The van der Waals surface area contributed by atoms with Gasteiger partial charge in [0.05, 0.1) is 25.2 Å². The highest BCUT2D eigenvalue weighted by atomic mass is 16.5. The van der Waals surface area contributed by atoms with Gasteiger partial charge in [-0.25, -0.2) is 4.79 Å². The van der Waals surface area contributed by atoms with Gasteiger partial charge in [-0.05, 0) is 26.2 Å². The fourth-order valence-corrected chi connectivity index (χ4v) is 0.804. The fraction of sp³-hybridized carbons (Fsp3) is 0.750. The van der Waals surface area contributed by atoms with Crippen LogP contribution in [-0.2, 0) is 19.1 Å². The van der Waals surface area contributed by atoms with E-state index in [0.29, 0.717) is 12.2 Å². The number of rotatable bonds is 6. The number of aliphatic hydroxyl groups is 2. The number of esters is 2. The zero-order valence-electron chi connectivity index (χ0n) is 14.6. The van der Waals surface area contributed by atoms with Crippen LogP contribution in [0.5, 0.6) is 0 Å². The molecule has 0 amide bonds. The molecule has 0 unspecified atom stereocenters. The summed E-state index contributed by atoms with van der Waals surface area (Å²) in [5, 5.41) is 17.1. The van der Waals surface area contributed by atoms with E-state index in [-0.39, 0.29) is 31.2 Å². The van der Waals surface area contributed by atoms with Crippen LogP contribution in [0.3, 0.4) is 0 Å². The maximum Gasteiger partial charge on any atom is 0.333 e. The summed E-state index contributed by atoms with van der Waals surface area (Å²) in [5.74, 6) is -0.797. The van der Waals surface area contributed by atoms with Gasteiger partial charge in [0.25, 0.3) is 0 Å². The van der Waals surface area contributed by atoms with Gasteiger partial charge >= 0.3 is 11.9 Å². The van der Waals surface area contributed by atoms with E-state index < -0.39 is 11.4 Å². The minimum Gasteiger partial charge on any atom is -0.465 e. The molecule has 0 spiro atoms. The minimum atomic E-state index is -0.786. The third kappa shape index (κ3) is 12.3. The molecule has 130 valence electrons. The van der Waals surface area contributed by atoms with Crippen molar-refractivity contribution >= 4 is 11.9 Å². The van der Waals surface area contributed by atoms with Gasteiger partial charge in [-0.1, -0.05) is 27.4 Å². The molecule has 0 fully saturated rings. The molecular formula is C16H30O6. The highest BCUT2D eigenvalue weighted by Gasteiger charge is 2.29. The summed E-state index contributed by atoms with van der Waals surface area (Å²) in [6.45, 7) is 14.3. The van der Waals surface area contributed by atoms with Crippen LogP contribution in [0.4, 0.5) is 0 Å². The molecule has 0 aromatic carbocycles. The summed E-state index contributed by atoms with van der Waals surface area (Å²) in [6, 6.07) is 0. The molecule has 2 N–H and O–H groups in total. The number of carbonyl (C=O) groups is 2. The van der Waals surface area contributed by atoms with Crippen LogP contribution in [0.1, 0.15) is 41.5 Å². The first-order valence-electron chi connectivity index (χ1n) is 7.09. The van der Waals surface area contributed by atoms with E-state index in [0.717, 1.165) is 0 Å². The van der Waals surface area contributed by atoms with Gasteiger partial charge in [0, 0.05) is 5.57 Å². The Morgan fingerprint density at radius 1 is 1.05 bits per heavy atom. The summed E-state index contributed by atoms with van der Waals surface area (Å²) in [6.07, 6.45) is 0. The Morgan fingerprint density at radius 3 is 1.86 bits per heavy atom. The van der Waals surface area contributed by atoms with Gasteiger partial charge in [-0.2, -0.15) is 0 Å². The van der Waals surface area contributed by atoms with Crippen LogP contribution in [0.15, 0.2) is 12.2 Å². The molecule has 22 heavy (non-hydrogen) atoms. The van der Waals surface area contributed by atoms with Gasteiger partial charge in [-0.3, -0.25) is 4.79 Å². The topological polar surface area (TPSA) is 93.1 Å². The number of ether oxygens (including phenoxy) is 2. The van der Waals surface area contributed by atoms with Crippen LogP contribution in [0.2, 0.25) is 0 Å². The second-order valence-corrected chi connectivity index (χ2v) is 6.82. The lowest BCUT2D eigenvalue weighted by Crippen LogP contribution is -2.32. The average Bonchev–Trinajstić information content (AvgIpc) is 2.41. The van der Waals surface area contributed by atoms with Crippen molar-refractivity contribution in [2.45, 2.75) is 41.5 Å². The number of hydrogen-bond donors (Lipinski definition) is 2. The minimum absolute atomic E-state index is 0.0266. The largest absolute Gasteiger partial charge is 0.465 e. The van der Waals surface area contributed by atoms with E-state index in [4.69, 9.17) is 14.9 Å². The summed E-state index contributed by atoms with van der Waals surface area (Å²) >= 11 is 0. The van der Waals surface area contributed by atoms with Crippen molar-refractivity contribution < 1.29 is 29.3 Å². The molecular weight excluding hydrogens is 288 g/mol. The Balaban J connectivity index is 0. The van der Waals surface area contributed by atoms with Gasteiger partial charge in [0.15, 0.2) is 0 Å². The van der Waals surface area contributed by atoms with E-state index in [1.807, 2.05) is 20.8 Å².